The van der Waals surface area contributed by atoms with Crippen molar-refractivity contribution >= 4 is 23.4 Å². The zero-order valence-electron chi connectivity index (χ0n) is 24.2. The summed E-state index contributed by atoms with van der Waals surface area (Å²) in [5.41, 5.74) is -0.847. The molecular weight excluding hydrogens is 534 g/mol. The van der Waals surface area contributed by atoms with Gasteiger partial charge in [-0.15, -0.1) is 0 Å². The van der Waals surface area contributed by atoms with Crippen LogP contribution < -0.4 is 9.64 Å². The number of fused-ring (bicyclic) bond motifs is 2. The highest BCUT2D eigenvalue weighted by Crippen LogP contribution is 2.58. The summed E-state index contributed by atoms with van der Waals surface area (Å²) in [5.74, 6) is -1.96. The number of carbonyl (C=O) groups excluding carboxylic acids is 3. The predicted molar refractivity (Wildman–Crippen MR) is 156 cm³/mol. The lowest BCUT2D eigenvalue weighted by atomic mass is 9.74. The first-order chi connectivity index (χ1) is 20.3. The van der Waals surface area contributed by atoms with E-state index in [4.69, 9.17) is 9.47 Å². The molecule has 0 bridgehead atoms. The molecule has 220 valence electrons. The van der Waals surface area contributed by atoms with E-state index < -0.39 is 35.1 Å². The van der Waals surface area contributed by atoms with Crippen molar-refractivity contribution in [3.05, 3.63) is 84.5 Å². The molecule has 1 spiro atoms. The average molecular weight is 572 g/mol. The van der Waals surface area contributed by atoms with Gasteiger partial charge in [-0.1, -0.05) is 61.6 Å². The Balaban J connectivity index is 1.44. The Morgan fingerprint density at radius 1 is 0.952 bits per heavy atom. The van der Waals surface area contributed by atoms with Gasteiger partial charge in [-0.2, -0.15) is 0 Å². The molecule has 2 saturated heterocycles. The first-order valence-corrected chi connectivity index (χ1v) is 14.5. The van der Waals surface area contributed by atoms with E-state index in [0.29, 0.717) is 30.9 Å². The second kappa shape index (κ2) is 10.7. The molecule has 4 aliphatic heterocycles. The largest absolute Gasteiger partial charge is 0.497 e. The number of aliphatic hydroxyl groups is 1. The summed E-state index contributed by atoms with van der Waals surface area (Å²) in [6, 6.07) is 15.3. The van der Waals surface area contributed by atoms with Crippen LogP contribution in [0.2, 0.25) is 0 Å². The molecule has 6 atom stereocenters. The average Bonchev–Trinajstić information content (AvgIpc) is 3.27. The van der Waals surface area contributed by atoms with Crippen LogP contribution in [0.5, 0.6) is 5.75 Å². The van der Waals surface area contributed by atoms with Crippen LogP contribution in [-0.2, 0) is 25.7 Å². The molecule has 1 unspecified atom stereocenters. The molecule has 6 rings (SSSR count). The van der Waals surface area contributed by atoms with E-state index in [9.17, 15) is 19.5 Å². The molecule has 9 heteroatoms. The number of nitrogens with zero attached hydrogens (tertiary/aromatic N) is 3. The second-order valence-electron chi connectivity index (χ2n) is 11.6. The van der Waals surface area contributed by atoms with E-state index >= 15 is 0 Å². The summed E-state index contributed by atoms with van der Waals surface area (Å²) in [6.07, 6.45) is 7.93. The van der Waals surface area contributed by atoms with Crippen LogP contribution in [0.25, 0.3) is 0 Å². The van der Waals surface area contributed by atoms with Crippen molar-refractivity contribution in [2.24, 2.45) is 11.8 Å². The summed E-state index contributed by atoms with van der Waals surface area (Å²) < 4.78 is 12.2. The number of rotatable bonds is 7. The number of ether oxygens (including phenoxy) is 2. The van der Waals surface area contributed by atoms with Crippen LogP contribution >= 0.6 is 0 Å². The maximum absolute atomic E-state index is 14.6. The van der Waals surface area contributed by atoms with Crippen molar-refractivity contribution in [2.75, 3.05) is 31.7 Å². The lowest BCUT2D eigenvalue weighted by molar-refractivity contribution is -0.151. The van der Waals surface area contributed by atoms with Crippen LogP contribution in [0.4, 0.5) is 5.69 Å². The van der Waals surface area contributed by atoms with E-state index in [1.54, 1.807) is 41.2 Å². The summed E-state index contributed by atoms with van der Waals surface area (Å²) in [5, 5.41) is 10.4. The number of benzene rings is 2. The van der Waals surface area contributed by atoms with Crippen molar-refractivity contribution < 1.29 is 29.0 Å². The van der Waals surface area contributed by atoms with Gasteiger partial charge < -0.3 is 29.3 Å². The van der Waals surface area contributed by atoms with Gasteiger partial charge in [-0.25, -0.2) is 0 Å². The normalized spacial score (nSPS) is 31.0. The fourth-order valence-corrected chi connectivity index (χ4v) is 7.26. The van der Waals surface area contributed by atoms with Gasteiger partial charge in [0.05, 0.1) is 37.2 Å². The van der Waals surface area contributed by atoms with Crippen molar-refractivity contribution in [2.45, 2.75) is 50.1 Å². The molecule has 3 amide bonds. The Labute approximate surface area is 246 Å². The Morgan fingerprint density at radius 3 is 2.33 bits per heavy atom. The van der Waals surface area contributed by atoms with Crippen LogP contribution in [0.15, 0.2) is 78.9 Å². The number of anilines is 1. The number of hydrogen-bond donors (Lipinski definition) is 1. The van der Waals surface area contributed by atoms with E-state index in [-0.39, 0.29) is 30.9 Å². The Kier molecular flexibility index (Phi) is 7.19. The van der Waals surface area contributed by atoms with Crippen LogP contribution in [0.3, 0.4) is 0 Å². The lowest BCUT2D eigenvalue weighted by Gasteiger charge is -2.40. The van der Waals surface area contributed by atoms with Gasteiger partial charge in [-0.05, 0) is 43.2 Å². The third-order valence-corrected chi connectivity index (χ3v) is 9.25. The second-order valence-corrected chi connectivity index (χ2v) is 11.6. The smallest absolute Gasteiger partial charge is 0.253 e. The molecule has 0 saturated carbocycles. The fraction of sp³-hybridized carbons (Fsp3) is 0.424. The van der Waals surface area contributed by atoms with Gasteiger partial charge in [-0.3, -0.25) is 14.4 Å². The van der Waals surface area contributed by atoms with Gasteiger partial charge in [0.1, 0.15) is 17.4 Å². The molecule has 1 N–H and O–H groups in total. The SMILES string of the molecule is CC[C@@H](CO)N1C(=O)[C@@H]2[C@@H]3C(=O)N(Cc4ccccc4)CC=C[C@]3(C)O[C@@]23C=CCN(c2ccc(OC)cc2)C(=O)C13. The van der Waals surface area contributed by atoms with Gasteiger partial charge in [0.25, 0.3) is 5.91 Å². The van der Waals surface area contributed by atoms with Crippen molar-refractivity contribution in [1.82, 2.24) is 9.80 Å². The van der Waals surface area contributed by atoms with Gasteiger partial charge in [0.2, 0.25) is 11.8 Å². The van der Waals surface area contributed by atoms with Crippen molar-refractivity contribution in [1.29, 1.82) is 0 Å². The lowest BCUT2D eigenvalue weighted by Crippen LogP contribution is -2.58. The number of amides is 3. The van der Waals surface area contributed by atoms with Crippen LogP contribution in [0.1, 0.15) is 25.8 Å². The summed E-state index contributed by atoms with van der Waals surface area (Å²) >= 11 is 0. The zero-order valence-corrected chi connectivity index (χ0v) is 24.2. The van der Waals surface area contributed by atoms with Crippen molar-refractivity contribution in [3.8, 4) is 5.75 Å². The number of aliphatic hydroxyl groups excluding tert-OH is 1. The summed E-state index contributed by atoms with van der Waals surface area (Å²) in [4.78, 5) is 48.4. The molecule has 0 aliphatic carbocycles. The monoisotopic (exact) mass is 571 g/mol. The quantitative estimate of drug-likeness (QED) is 0.513. The highest BCUT2D eigenvalue weighted by molar-refractivity contribution is 6.06. The minimum Gasteiger partial charge on any atom is -0.497 e. The molecule has 0 aromatic heterocycles. The first kappa shape index (κ1) is 28.2. The molecule has 42 heavy (non-hydrogen) atoms. The molecular formula is C33H37N3O6. The first-order valence-electron chi connectivity index (χ1n) is 14.5. The van der Waals surface area contributed by atoms with Gasteiger partial charge in [0.15, 0.2) is 0 Å². The Morgan fingerprint density at radius 2 is 1.67 bits per heavy atom. The van der Waals surface area contributed by atoms with E-state index in [1.807, 2.05) is 68.5 Å². The highest BCUT2D eigenvalue weighted by atomic mass is 16.5. The Bertz CT molecular complexity index is 1420. The number of hydrogen-bond acceptors (Lipinski definition) is 6. The third-order valence-electron chi connectivity index (χ3n) is 9.25. The maximum Gasteiger partial charge on any atom is 0.253 e. The standard InChI is InChI=1S/C33H37N3O6/c1-4-23(21-37)36-28-31(40)35(24-12-14-25(41-3)15-13-24)19-9-17-33(28)27(30(36)39)26-29(38)34(18-8-16-32(26,2)42-33)20-22-10-6-5-7-11-22/h5-17,23,26-28,37H,4,18-21H2,1-3H3/t23-,26+,27-,28?,32-,33-/m0/s1. The minimum absolute atomic E-state index is 0.184. The van der Waals surface area contributed by atoms with E-state index in [2.05, 4.69) is 0 Å². The van der Waals surface area contributed by atoms with Crippen LogP contribution in [0, 0.1) is 11.8 Å². The fourth-order valence-electron chi connectivity index (χ4n) is 7.26. The van der Waals surface area contributed by atoms with Gasteiger partial charge in [0, 0.05) is 25.3 Å². The molecule has 9 nitrogen and oxygen atoms in total. The molecule has 4 aliphatic rings. The van der Waals surface area contributed by atoms with Gasteiger partial charge >= 0.3 is 0 Å². The minimum atomic E-state index is -1.38. The Hall–Kier alpha value is -3.95. The zero-order chi connectivity index (χ0) is 29.6. The molecule has 2 aromatic rings. The van der Waals surface area contributed by atoms with Crippen molar-refractivity contribution in [3.63, 3.8) is 0 Å². The summed E-state index contributed by atoms with van der Waals surface area (Å²) in [6.45, 7) is 4.46. The predicted octanol–water partition coefficient (Wildman–Crippen LogP) is 2.94. The molecule has 4 heterocycles. The third kappa shape index (κ3) is 4.25. The number of carbonyl (C=O) groups is 3. The highest BCUT2D eigenvalue weighted by Gasteiger charge is 2.75. The van der Waals surface area contributed by atoms with E-state index in [1.165, 1.54) is 4.90 Å². The molecule has 2 fully saturated rings. The van der Waals surface area contributed by atoms with Crippen LogP contribution in [-0.4, -0.2) is 82.7 Å². The number of methoxy groups -OCH3 is 1. The van der Waals surface area contributed by atoms with E-state index in [0.717, 1.165) is 5.56 Å². The topological polar surface area (TPSA) is 99.6 Å². The number of likely N-dealkylation sites (tertiary alicyclic amines) is 1. The summed E-state index contributed by atoms with van der Waals surface area (Å²) in [7, 11) is 1.58. The maximum atomic E-state index is 14.6. The molecule has 0 radical (unpaired) electrons. The molecule has 2 aromatic carbocycles.